The van der Waals surface area contributed by atoms with Gasteiger partial charge in [0.05, 0.1) is 3.39 Å². The fourth-order valence-electron chi connectivity index (χ4n) is 1.04. The molecular weight excluding hydrogens is 324 g/mol. The molecule has 0 aliphatic carbocycles. The van der Waals surface area contributed by atoms with Gasteiger partial charge in [-0.1, -0.05) is 13.0 Å². The van der Waals surface area contributed by atoms with E-state index in [1.807, 2.05) is 26.8 Å². The molecule has 0 bridgehead atoms. The fourth-order valence-corrected chi connectivity index (χ4v) is 1.94. The molecule has 0 aliphatic heterocycles. The molecule has 0 heterocycles. The molecule has 0 saturated carbocycles. The van der Waals surface area contributed by atoms with Gasteiger partial charge >= 0.3 is 5.97 Å². The summed E-state index contributed by atoms with van der Waals surface area (Å²) in [7, 11) is 0. The van der Waals surface area contributed by atoms with Gasteiger partial charge in [0.25, 0.3) is 0 Å². The molecule has 15 heavy (non-hydrogen) atoms. The molecule has 88 valence electrons. The largest absolute Gasteiger partial charge is 0.460 e. The predicted molar refractivity (Wildman–Crippen MR) is 70.2 cm³/mol. The lowest BCUT2D eigenvalue weighted by Crippen LogP contribution is -2.23. The van der Waals surface area contributed by atoms with Crippen LogP contribution in [0.25, 0.3) is 0 Å². The highest BCUT2D eigenvalue weighted by Gasteiger charge is 2.16. The summed E-state index contributed by atoms with van der Waals surface area (Å²) in [6.45, 7) is 7.70. The van der Waals surface area contributed by atoms with Crippen LogP contribution in [0.1, 0.15) is 40.5 Å². The molecule has 0 rings (SSSR count). The number of hydrogen-bond donors (Lipinski definition) is 0. The van der Waals surface area contributed by atoms with Crippen molar-refractivity contribution in [3.63, 3.8) is 0 Å². The minimum atomic E-state index is -0.383. The average Bonchev–Trinajstić information content (AvgIpc) is 1.96. The van der Waals surface area contributed by atoms with E-state index in [9.17, 15) is 4.79 Å². The van der Waals surface area contributed by atoms with Crippen molar-refractivity contribution in [2.75, 3.05) is 0 Å². The molecule has 0 N–H and O–H groups in total. The Morgan fingerprint density at radius 1 is 1.40 bits per heavy atom. The lowest BCUT2D eigenvalue weighted by atomic mass is 10.1. The van der Waals surface area contributed by atoms with Crippen LogP contribution in [0.4, 0.5) is 0 Å². The Morgan fingerprint density at radius 3 is 2.33 bits per heavy atom. The second kappa shape index (κ2) is 6.69. The summed E-state index contributed by atoms with van der Waals surface area (Å²) in [5.74, 6) is 0.222. The molecule has 0 saturated heterocycles. The summed E-state index contributed by atoms with van der Waals surface area (Å²) in [4.78, 5) is 11.4. The molecule has 0 aromatic heterocycles. The Balaban J connectivity index is 3.87. The third kappa shape index (κ3) is 10.5. The first kappa shape index (κ1) is 15.2. The zero-order valence-electron chi connectivity index (χ0n) is 9.64. The Bertz CT molecular complexity index is 237. The minimum absolute atomic E-state index is 0.131. The quantitative estimate of drug-likeness (QED) is 0.709. The molecule has 0 aromatic rings. The topological polar surface area (TPSA) is 26.3 Å². The lowest BCUT2D eigenvalue weighted by molar-refractivity contribution is -0.155. The third-order valence-corrected chi connectivity index (χ3v) is 2.16. The maximum atomic E-state index is 11.4. The molecule has 0 radical (unpaired) electrons. The molecule has 0 fully saturated rings. The van der Waals surface area contributed by atoms with E-state index >= 15 is 0 Å². The predicted octanol–water partition coefficient (Wildman–Crippen LogP) is 4.38. The van der Waals surface area contributed by atoms with Crippen molar-refractivity contribution in [3.05, 3.63) is 9.47 Å². The van der Waals surface area contributed by atoms with E-state index < -0.39 is 0 Å². The molecule has 0 aliphatic rings. The monoisotopic (exact) mass is 340 g/mol. The van der Waals surface area contributed by atoms with E-state index in [0.29, 0.717) is 12.3 Å². The highest BCUT2D eigenvalue weighted by Crippen LogP contribution is 2.19. The van der Waals surface area contributed by atoms with Crippen LogP contribution in [-0.4, -0.2) is 11.6 Å². The van der Waals surface area contributed by atoms with E-state index in [4.69, 9.17) is 4.74 Å². The molecule has 1 atom stereocenters. The van der Waals surface area contributed by atoms with Gasteiger partial charge < -0.3 is 4.74 Å². The number of carbonyl (C=O) groups is 1. The van der Waals surface area contributed by atoms with E-state index in [1.54, 1.807) is 0 Å². The van der Waals surface area contributed by atoms with Gasteiger partial charge in [-0.25, -0.2) is 0 Å². The van der Waals surface area contributed by atoms with Crippen molar-refractivity contribution < 1.29 is 9.53 Å². The van der Waals surface area contributed by atoms with Crippen LogP contribution in [0.15, 0.2) is 9.47 Å². The third-order valence-electron chi connectivity index (χ3n) is 1.63. The lowest BCUT2D eigenvalue weighted by Gasteiger charge is -2.19. The number of allylic oxidation sites excluding steroid dienone is 1. The highest BCUT2D eigenvalue weighted by atomic mass is 79.9. The molecule has 0 unspecified atom stereocenters. The normalized spacial score (nSPS) is 13.2. The second-order valence-electron chi connectivity index (χ2n) is 4.56. The van der Waals surface area contributed by atoms with Gasteiger partial charge in [-0.05, 0) is 65.0 Å². The Hall–Kier alpha value is 0.170. The summed E-state index contributed by atoms with van der Waals surface area (Å²) in [6, 6.07) is 0. The second-order valence-corrected chi connectivity index (χ2v) is 7.33. The van der Waals surface area contributed by atoms with E-state index in [0.717, 1.165) is 9.81 Å². The van der Waals surface area contributed by atoms with Gasteiger partial charge in [0, 0.05) is 6.42 Å². The van der Waals surface area contributed by atoms with Crippen molar-refractivity contribution in [1.82, 2.24) is 0 Å². The zero-order chi connectivity index (χ0) is 12.1. The zero-order valence-corrected chi connectivity index (χ0v) is 12.8. The summed E-state index contributed by atoms with van der Waals surface area (Å²) in [5.41, 5.74) is -0.383. The van der Waals surface area contributed by atoms with Crippen molar-refractivity contribution in [3.8, 4) is 0 Å². The van der Waals surface area contributed by atoms with Crippen molar-refractivity contribution >= 4 is 37.8 Å². The number of esters is 1. The van der Waals surface area contributed by atoms with Gasteiger partial charge in [-0.15, -0.1) is 0 Å². The maximum absolute atomic E-state index is 11.4. The highest BCUT2D eigenvalue weighted by molar-refractivity contribution is 9.28. The van der Waals surface area contributed by atoms with Crippen LogP contribution in [0.2, 0.25) is 0 Å². The van der Waals surface area contributed by atoms with E-state index in [1.165, 1.54) is 0 Å². The maximum Gasteiger partial charge on any atom is 0.306 e. The standard InChI is InChI=1S/C11H18Br2O2/c1-8(7-9(12)13)5-6-10(14)15-11(2,3)4/h7-8H,5-6H2,1-4H3/t8-/m1/s1. The first-order chi connectivity index (χ1) is 6.70. The molecule has 0 aromatic carbocycles. The number of halogens is 2. The average molecular weight is 342 g/mol. The first-order valence-corrected chi connectivity index (χ1v) is 6.54. The number of carbonyl (C=O) groups excluding carboxylic acids is 1. The van der Waals surface area contributed by atoms with Crippen LogP contribution in [0.5, 0.6) is 0 Å². The number of ether oxygens (including phenoxy) is 1. The van der Waals surface area contributed by atoms with E-state index in [2.05, 4.69) is 38.8 Å². The first-order valence-electron chi connectivity index (χ1n) is 4.95. The molecule has 0 amide bonds. The van der Waals surface area contributed by atoms with Crippen LogP contribution in [0.3, 0.4) is 0 Å². The van der Waals surface area contributed by atoms with Gasteiger partial charge in [-0.2, -0.15) is 0 Å². The van der Waals surface area contributed by atoms with Crippen molar-refractivity contribution in [1.29, 1.82) is 0 Å². The Kier molecular flexibility index (Phi) is 6.76. The number of hydrogen-bond acceptors (Lipinski definition) is 2. The smallest absolute Gasteiger partial charge is 0.306 e. The summed E-state index contributed by atoms with van der Waals surface area (Å²) in [5, 5.41) is 0. The van der Waals surface area contributed by atoms with Crippen LogP contribution in [-0.2, 0) is 9.53 Å². The SMILES string of the molecule is C[C@@H](C=C(Br)Br)CCC(=O)OC(C)(C)C. The summed E-state index contributed by atoms with van der Waals surface area (Å²) < 4.78 is 6.13. The van der Waals surface area contributed by atoms with Crippen LogP contribution < -0.4 is 0 Å². The van der Waals surface area contributed by atoms with E-state index in [-0.39, 0.29) is 11.6 Å². The Morgan fingerprint density at radius 2 is 1.93 bits per heavy atom. The molecule has 4 heteroatoms. The molecule has 2 nitrogen and oxygen atoms in total. The molecular formula is C11H18Br2O2. The van der Waals surface area contributed by atoms with Crippen LogP contribution in [0, 0.1) is 5.92 Å². The minimum Gasteiger partial charge on any atom is -0.460 e. The van der Waals surface area contributed by atoms with Crippen LogP contribution >= 0.6 is 31.9 Å². The van der Waals surface area contributed by atoms with Gasteiger partial charge in [0.2, 0.25) is 0 Å². The summed E-state index contributed by atoms with van der Waals surface area (Å²) >= 11 is 6.58. The van der Waals surface area contributed by atoms with Crippen molar-refractivity contribution in [2.24, 2.45) is 5.92 Å². The van der Waals surface area contributed by atoms with Gasteiger partial charge in [0.1, 0.15) is 5.60 Å². The van der Waals surface area contributed by atoms with Gasteiger partial charge in [0.15, 0.2) is 0 Å². The van der Waals surface area contributed by atoms with Gasteiger partial charge in [-0.3, -0.25) is 4.79 Å². The number of rotatable bonds is 4. The fraction of sp³-hybridized carbons (Fsp3) is 0.727. The van der Waals surface area contributed by atoms with Crippen molar-refractivity contribution in [2.45, 2.75) is 46.1 Å². The summed E-state index contributed by atoms with van der Waals surface area (Å²) in [6.07, 6.45) is 3.28. The molecule has 0 spiro atoms. The Labute approximate surface area is 109 Å².